The van der Waals surface area contributed by atoms with E-state index in [0.29, 0.717) is 23.5 Å². The second-order valence-corrected chi connectivity index (χ2v) is 12.5. The van der Waals surface area contributed by atoms with Crippen LogP contribution in [0.3, 0.4) is 0 Å². The molecular formula is C30H49N3O6S. The molecule has 2 rings (SSSR count). The normalized spacial score (nSPS) is 19.9. The number of aliphatic hydroxyl groups is 1. The number of piperidine rings is 1. The van der Waals surface area contributed by atoms with Gasteiger partial charge in [0.05, 0.1) is 18.0 Å². The molecule has 10 heteroatoms. The number of amides is 1. The van der Waals surface area contributed by atoms with Gasteiger partial charge in [-0.2, -0.15) is 0 Å². The Labute approximate surface area is 243 Å². The Morgan fingerprint density at radius 2 is 1.90 bits per heavy atom. The number of aromatic nitrogens is 1. The molecule has 2 heterocycles. The molecule has 226 valence electrons. The predicted octanol–water partition coefficient (Wildman–Crippen LogP) is 4.59. The van der Waals surface area contributed by atoms with E-state index in [4.69, 9.17) is 4.74 Å². The van der Waals surface area contributed by atoms with Crippen molar-refractivity contribution in [2.45, 2.75) is 105 Å². The summed E-state index contributed by atoms with van der Waals surface area (Å²) >= 11 is 1.21. The molecule has 2 unspecified atom stereocenters. The molecule has 0 spiro atoms. The zero-order valence-corrected chi connectivity index (χ0v) is 26.1. The van der Waals surface area contributed by atoms with Gasteiger partial charge < -0.3 is 15.2 Å². The molecule has 1 amide bonds. The van der Waals surface area contributed by atoms with E-state index in [1.807, 2.05) is 46.6 Å². The minimum atomic E-state index is -0.986. The predicted molar refractivity (Wildman–Crippen MR) is 156 cm³/mol. The molecule has 0 saturated carbocycles. The van der Waals surface area contributed by atoms with Crippen molar-refractivity contribution in [3.63, 3.8) is 0 Å². The highest BCUT2D eigenvalue weighted by molar-refractivity contribution is 7.09. The third-order valence-electron chi connectivity index (χ3n) is 8.17. The number of nitrogens with one attached hydrogen (secondary N) is 1. The van der Waals surface area contributed by atoms with Crippen molar-refractivity contribution in [3.8, 4) is 0 Å². The van der Waals surface area contributed by atoms with Crippen LogP contribution in [0.5, 0.6) is 0 Å². The average Bonchev–Trinajstić information content (AvgIpc) is 3.41. The van der Waals surface area contributed by atoms with Gasteiger partial charge in [0.1, 0.15) is 23.4 Å². The minimum Gasteiger partial charge on any atom is -0.465 e. The highest BCUT2D eigenvalue weighted by Crippen LogP contribution is 2.35. The molecule has 40 heavy (non-hydrogen) atoms. The number of carbonyl (C=O) groups excluding carboxylic acids is 4. The number of likely N-dealkylation sites (N-methyl/N-ethyl adjacent to an activating group) is 1. The molecule has 1 saturated heterocycles. The van der Waals surface area contributed by atoms with Crippen molar-refractivity contribution in [2.24, 2.45) is 23.7 Å². The lowest BCUT2D eigenvalue weighted by atomic mass is 9.74. The van der Waals surface area contributed by atoms with Crippen LogP contribution in [0.25, 0.3) is 0 Å². The monoisotopic (exact) mass is 579 g/mol. The number of ether oxygens (including phenoxy) is 1. The maximum atomic E-state index is 14.3. The average molecular weight is 580 g/mol. The SMILES string of the molecule is CCCC(=O)OCC(C(=O)[C@@H](NC(=O)[C@H]1CCCCN1C)C(C)CC)[C@H](C[C@@H](O)c1nc(C(C)=O)cs1)C(C)C. The molecule has 1 aromatic heterocycles. The molecule has 2 N–H and O–H groups in total. The van der Waals surface area contributed by atoms with Gasteiger partial charge in [-0.25, -0.2) is 4.98 Å². The van der Waals surface area contributed by atoms with Gasteiger partial charge in [-0.05, 0) is 57.0 Å². The first kappa shape index (κ1) is 34.0. The van der Waals surface area contributed by atoms with Gasteiger partial charge in [-0.15, -0.1) is 11.3 Å². The summed E-state index contributed by atoms with van der Waals surface area (Å²) in [5.74, 6) is -2.15. The van der Waals surface area contributed by atoms with Gasteiger partial charge in [-0.3, -0.25) is 24.1 Å². The largest absolute Gasteiger partial charge is 0.465 e. The van der Waals surface area contributed by atoms with Crippen LogP contribution in [0, 0.1) is 23.7 Å². The van der Waals surface area contributed by atoms with E-state index in [0.717, 1.165) is 25.8 Å². The molecule has 6 atom stereocenters. The number of nitrogens with zero attached hydrogens (tertiary/aromatic N) is 2. The summed E-state index contributed by atoms with van der Waals surface area (Å²) in [5, 5.41) is 16.2. The molecule has 0 bridgehead atoms. The summed E-state index contributed by atoms with van der Waals surface area (Å²) in [4.78, 5) is 58.1. The summed E-state index contributed by atoms with van der Waals surface area (Å²) < 4.78 is 5.60. The van der Waals surface area contributed by atoms with Gasteiger partial charge in [0.25, 0.3) is 0 Å². The summed E-state index contributed by atoms with van der Waals surface area (Å²) in [6.07, 6.45) is 3.55. The quantitative estimate of drug-likeness (QED) is 0.215. The number of Topliss-reactive ketones (excluding diaryl/α,β-unsaturated/α-hetero) is 2. The Balaban J connectivity index is 2.37. The van der Waals surface area contributed by atoms with Crippen LogP contribution in [0.4, 0.5) is 0 Å². The Morgan fingerprint density at radius 1 is 1.20 bits per heavy atom. The van der Waals surface area contributed by atoms with E-state index in [-0.39, 0.29) is 66.7 Å². The Bertz CT molecular complexity index is 996. The van der Waals surface area contributed by atoms with Crippen LogP contribution < -0.4 is 5.32 Å². The van der Waals surface area contributed by atoms with Gasteiger partial charge in [0, 0.05) is 18.7 Å². The van der Waals surface area contributed by atoms with Crippen LogP contribution >= 0.6 is 11.3 Å². The van der Waals surface area contributed by atoms with Crippen molar-refractivity contribution in [2.75, 3.05) is 20.2 Å². The van der Waals surface area contributed by atoms with Crippen molar-refractivity contribution >= 4 is 34.8 Å². The number of ketones is 2. The number of hydrogen-bond donors (Lipinski definition) is 2. The molecule has 0 aromatic carbocycles. The highest BCUT2D eigenvalue weighted by Gasteiger charge is 2.40. The topological polar surface area (TPSA) is 126 Å². The van der Waals surface area contributed by atoms with E-state index in [9.17, 15) is 24.3 Å². The standard InChI is InChI=1S/C30H49N3O6S/c1-8-12-26(36)39-16-22(21(18(3)4)15-25(35)30-31-23(17-40-30)20(6)34)28(37)27(19(5)9-2)32-29(38)24-13-10-11-14-33(24)7/h17-19,21-22,24-25,27,35H,8-16H2,1-7H3,(H,32,38)/t19?,21-,22?,24-,25-,27+/m1/s1. The summed E-state index contributed by atoms with van der Waals surface area (Å²) in [7, 11) is 1.94. The van der Waals surface area contributed by atoms with E-state index in [1.54, 1.807) is 5.38 Å². The molecule has 1 aromatic rings. The number of likely N-dealkylation sites (tertiary alicyclic amines) is 1. The fourth-order valence-corrected chi connectivity index (χ4v) is 6.21. The first-order chi connectivity index (χ1) is 18.9. The van der Waals surface area contributed by atoms with E-state index in [1.165, 1.54) is 18.3 Å². The fourth-order valence-electron chi connectivity index (χ4n) is 5.35. The zero-order valence-electron chi connectivity index (χ0n) is 25.3. The molecule has 1 aliphatic heterocycles. The van der Waals surface area contributed by atoms with Crippen molar-refractivity contribution in [3.05, 3.63) is 16.1 Å². The maximum absolute atomic E-state index is 14.3. The first-order valence-electron chi connectivity index (χ1n) is 14.7. The number of carbonyl (C=O) groups is 4. The smallest absolute Gasteiger partial charge is 0.305 e. The van der Waals surface area contributed by atoms with Crippen LogP contribution in [0.2, 0.25) is 0 Å². The third kappa shape index (κ3) is 9.45. The highest BCUT2D eigenvalue weighted by atomic mass is 32.1. The molecular weight excluding hydrogens is 530 g/mol. The number of thiazole rings is 1. The molecule has 1 aliphatic rings. The van der Waals surface area contributed by atoms with Gasteiger partial charge >= 0.3 is 5.97 Å². The molecule has 0 radical (unpaired) electrons. The van der Waals surface area contributed by atoms with Crippen LogP contribution in [0.1, 0.15) is 108 Å². The van der Waals surface area contributed by atoms with Crippen molar-refractivity contribution in [1.82, 2.24) is 15.2 Å². The van der Waals surface area contributed by atoms with E-state index < -0.39 is 18.1 Å². The second-order valence-electron chi connectivity index (χ2n) is 11.6. The van der Waals surface area contributed by atoms with Crippen molar-refractivity contribution in [1.29, 1.82) is 0 Å². The lowest BCUT2D eigenvalue weighted by Gasteiger charge is -2.36. The minimum absolute atomic E-state index is 0.0431. The molecule has 0 aliphatic carbocycles. The Morgan fingerprint density at radius 3 is 2.45 bits per heavy atom. The lowest BCUT2D eigenvalue weighted by Crippen LogP contribution is -2.55. The van der Waals surface area contributed by atoms with E-state index >= 15 is 0 Å². The first-order valence-corrected chi connectivity index (χ1v) is 15.6. The third-order valence-corrected chi connectivity index (χ3v) is 9.12. The Hall–Kier alpha value is -2.17. The summed E-state index contributed by atoms with van der Waals surface area (Å²) in [6, 6.07) is -1.03. The van der Waals surface area contributed by atoms with Crippen LogP contribution in [-0.4, -0.2) is 70.7 Å². The number of hydrogen-bond acceptors (Lipinski definition) is 9. The number of rotatable bonds is 16. The Kier molecular flexibility index (Phi) is 13.9. The molecule has 1 fully saturated rings. The number of aliphatic hydroxyl groups excluding tert-OH is 1. The van der Waals surface area contributed by atoms with Crippen LogP contribution in [-0.2, 0) is 19.1 Å². The lowest BCUT2D eigenvalue weighted by molar-refractivity contribution is -0.149. The maximum Gasteiger partial charge on any atom is 0.305 e. The summed E-state index contributed by atoms with van der Waals surface area (Å²) in [5.41, 5.74) is 0.300. The zero-order chi connectivity index (χ0) is 30.0. The molecule has 9 nitrogen and oxygen atoms in total. The fraction of sp³-hybridized carbons (Fsp3) is 0.767. The van der Waals surface area contributed by atoms with Gasteiger partial charge in [0.15, 0.2) is 11.6 Å². The van der Waals surface area contributed by atoms with Gasteiger partial charge in [-0.1, -0.05) is 47.5 Å². The number of esters is 1. The van der Waals surface area contributed by atoms with E-state index in [2.05, 4.69) is 10.3 Å². The summed E-state index contributed by atoms with van der Waals surface area (Å²) in [6.45, 7) is 11.9. The van der Waals surface area contributed by atoms with Crippen molar-refractivity contribution < 1.29 is 29.0 Å². The van der Waals surface area contributed by atoms with Crippen LogP contribution in [0.15, 0.2) is 5.38 Å². The van der Waals surface area contributed by atoms with Gasteiger partial charge in [0.2, 0.25) is 5.91 Å². The second kappa shape index (κ2) is 16.3.